The average molecular weight is 348 g/mol. The Balaban J connectivity index is 1.93. The molecule has 88 valence electrons. The molecule has 1 nitrogen and oxygen atoms in total. The summed E-state index contributed by atoms with van der Waals surface area (Å²) >= 11 is 7.06. The predicted octanol–water partition coefficient (Wildman–Crippen LogP) is 4.78. The van der Waals surface area contributed by atoms with Gasteiger partial charge in [0.15, 0.2) is 0 Å². The lowest BCUT2D eigenvalue weighted by Crippen LogP contribution is -2.26. The predicted molar refractivity (Wildman–Crippen MR) is 74.3 cm³/mol. The molecule has 3 heteroatoms. The summed E-state index contributed by atoms with van der Waals surface area (Å²) in [5.41, 5.74) is 0.368. The standard InChI is InChI=1S/C13H16Br2O/c14-9-13(7-1-2-8-13)10-16-12-5-3-11(15)4-6-12/h3-6H,1-2,7-10H2. The molecule has 0 spiro atoms. The van der Waals surface area contributed by atoms with Crippen LogP contribution in [0, 0.1) is 5.41 Å². The topological polar surface area (TPSA) is 9.23 Å². The van der Waals surface area contributed by atoms with Crippen LogP contribution in [0.5, 0.6) is 5.75 Å². The van der Waals surface area contributed by atoms with Gasteiger partial charge in [0, 0.05) is 15.2 Å². The van der Waals surface area contributed by atoms with E-state index in [4.69, 9.17) is 4.74 Å². The van der Waals surface area contributed by atoms with E-state index in [0.717, 1.165) is 22.2 Å². The zero-order valence-corrected chi connectivity index (χ0v) is 12.4. The summed E-state index contributed by atoms with van der Waals surface area (Å²) in [4.78, 5) is 0. The van der Waals surface area contributed by atoms with Crippen molar-refractivity contribution < 1.29 is 4.74 Å². The highest BCUT2D eigenvalue weighted by molar-refractivity contribution is 9.10. The first-order chi connectivity index (χ1) is 7.74. The van der Waals surface area contributed by atoms with E-state index in [0.29, 0.717) is 5.41 Å². The quantitative estimate of drug-likeness (QED) is 0.712. The summed E-state index contributed by atoms with van der Waals surface area (Å²) in [6, 6.07) is 8.07. The molecule has 1 fully saturated rings. The van der Waals surface area contributed by atoms with Gasteiger partial charge in [-0.25, -0.2) is 0 Å². The fraction of sp³-hybridized carbons (Fsp3) is 0.538. The van der Waals surface area contributed by atoms with E-state index in [9.17, 15) is 0 Å². The Labute approximate surface area is 114 Å². The van der Waals surface area contributed by atoms with Gasteiger partial charge in [-0.1, -0.05) is 44.7 Å². The molecule has 16 heavy (non-hydrogen) atoms. The molecule has 1 aliphatic rings. The Bertz CT molecular complexity index is 328. The summed E-state index contributed by atoms with van der Waals surface area (Å²) < 4.78 is 6.98. The van der Waals surface area contributed by atoms with Crippen LogP contribution >= 0.6 is 31.9 Å². The minimum atomic E-state index is 0.368. The first-order valence-corrected chi connectivity index (χ1v) is 7.60. The Morgan fingerprint density at radius 1 is 1.12 bits per heavy atom. The minimum absolute atomic E-state index is 0.368. The smallest absolute Gasteiger partial charge is 0.119 e. The van der Waals surface area contributed by atoms with Crippen molar-refractivity contribution >= 4 is 31.9 Å². The van der Waals surface area contributed by atoms with Crippen LogP contribution in [0.2, 0.25) is 0 Å². The second-order valence-electron chi connectivity index (χ2n) is 4.58. The van der Waals surface area contributed by atoms with Crippen LogP contribution in [-0.2, 0) is 0 Å². The molecule has 1 aliphatic carbocycles. The van der Waals surface area contributed by atoms with Gasteiger partial charge in [-0.05, 0) is 37.1 Å². The van der Waals surface area contributed by atoms with Gasteiger partial charge in [0.1, 0.15) is 5.75 Å². The molecule has 0 aromatic heterocycles. The van der Waals surface area contributed by atoms with Crippen LogP contribution in [0.15, 0.2) is 28.7 Å². The highest BCUT2D eigenvalue weighted by Crippen LogP contribution is 2.40. The summed E-state index contributed by atoms with van der Waals surface area (Å²) in [6.07, 6.45) is 5.26. The number of benzene rings is 1. The molecule has 0 N–H and O–H groups in total. The lowest BCUT2D eigenvalue weighted by Gasteiger charge is -2.26. The monoisotopic (exact) mass is 346 g/mol. The van der Waals surface area contributed by atoms with Crippen molar-refractivity contribution in [3.05, 3.63) is 28.7 Å². The molecular formula is C13H16Br2O. The van der Waals surface area contributed by atoms with Gasteiger partial charge < -0.3 is 4.74 Å². The van der Waals surface area contributed by atoms with E-state index in [1.165, 1.54) is 25.7 Å². The molecule has 0 bridgehead atoms. The summed E-state index contributed by atoms with van der Waals surface area (Å²) in [5, 5.41) is 1.05. The third-order valence-corrected chi connectivity index (χ3v) is 5.02. The maximum Gasteiger partial charge on any atom is 0.119 e. The second kappa shape index (κ2) is 5.54. The summed E-state index contributed by atoms with van der Waals surface area (Å²) in [7, 11) is 0. The van der Waals surface area contributed by atoms with Crippen molar-refractivity contribution in [2.75, 3.05) is 11.9 Å². The zero-order valence-electron chi connectivity index (χ0n) is 9.22. The number of ether oxygens (including phenoxy) is 1. The van der Waals surface area contributed by atoms with Crippen LogP contribution < -0.4 is 4.74 Å². The fourth-order valence-corrected chi connectivity index (χ4v) is 3.20. The van der Waals surface area contributed by atoms with Crippen LogP contribution in [0.1, 0.15) is 25.7 Å². The van der Waals surface area contributed by atoms with Gasteiger partial charge in [-0.3, -0.25) is 0 Å². The van der Waals surface area contributed by atoms with Gasteiger partial charge in [-0.2, -0.15) is 0 Å². The zero-order chi connectivity index (χ0) is 11.4. The lowest BCUT2D eigenvalue weighted by molar-refractivity contribution is 0.174. The third kappa shape index (κ3) is 3.01. The first-order valence-electron chi connectivity index (χ1n) is 5.68. The fourth-order valence-electron chi connectivity index (χ4n) is 2.21. The van der Waals surface area contributed by atoms with Crippen LogP contribution in [0.4, 0.5) is 0 Å². The highest BCUT2D eigenvalue weighted by Gasteiger charge is 2.33. The molecule has 0 heterocycles. The van der Waals surface area contributed by atoms with E-state index in [1.807, 2.05) is 24.3 Å². The average Bonchev–Trinajstić information content (AvgIpc) is 2.78. The summed E-state index contributed by atoms with van der Waals surface area (Å²) in [5.74, 6) is 0.968. The van der Waals surface area contributed by atoms with E-state index >= 15 is 0 Å². The van der Waals surface area contributed by atoms with Crippen molar-refractivity contribution in [2.45, 2.75) is 25.7 Å². The molecule has 1 aromatic carbocycles. The van der Waals surface area contributed by atoms with E-state index in [-0.39, 0.29) is 0 Å². The normalized spacial score (nSPS) is 18.6. The molecule has 0 unspecified atom stereocenters. The van der Waals surface area contributed by atoms with Crippen LogP contribution in [-0.4, -0.2) is 11.9 Å². The van der Waals surface area contributed by atoms with Gasteiger partial charge >= 0.3 is 0 Å². The van der Waals surface area contributed by atoms with Gasteiger partial charge in [-0.15, -0.1) is 0 Å². The van der Waals surface area contributed by atoms with E-state index in [1.54, 1.807) is 0 Å². The van der Waals surface area contributed by atoms with Crippen LogP contribution in [0.3, 0.4) is 0 Å². The van der Waals surface area contributed by atoms with Gasteiger partial charge in [0.05, 0.1) is 6.61 Å². The first kappa shape index (κ1) is 12.4. The molecular weight excluding hydrogens is 332 g/mol. The van der Waals surface area contributed by atoms with Crippen molar-refractivity contribution in [2.24, 2.45) is 5.41 Å². The van der Waals surface area contributed by atoms with Crippen molar-refractivity contribution in [3.63, 3.8) is 0 Å². The Hall–Kier alpha value is -0.0200. The largest absolute Gasteiger partial charge is 0.493 e. The third-order valence-electron chi connectivity index (χ3n) is 3.31. The maximum absolute atomic E-state index is 5.89. The maximum atomic E-state index is 5.89. The molecule has 2 rings (SSSR count). The minimum Gasteiger partial charge on any atom is -0.493 e. The van der Waals surface area contributed by atoms with Crippen LogP contribution in [0.25, 0.3) is 0 Å². The Morgan fingerprint density at radius 3 is 2.31 bits per heavy atom. The lowest BCUT2D eigenvalue weighted by atomic mass is 9.90. The second-order valence-corrected chi connectivity index (χ2v) is 6.06. The highest BCUT2D eigenvalue weighted by atomic mass is 79.9. The number of hydrogen-bond donors (Lipinski definition) is 0. The molecule has 0 radical (unpaired) electrons. The molecule has 0 atom stereocenters. The molecule has 1 saturated carbocycles. The number of hydrogen-bond acceptors (Lipinski definition) is 1. The summed E-state index contributed by atoms with van der Waals surface area (Å²) in [6.45, 7) is 0.833. The molecule has 1 aromatic rings. The SMILES string of the molecule is BrCC1(COc2ccc(Br)cc2)CCCC1. The van der Waals surface area contributed by atoms with Gasteiger partial charge in [0.25, 0.3) is 0 Å². The van der Waals surface area contributed by atoms with Crippen molar-refractivity contribution in [3.8, 4) is 5.75 Å². The van der Waals surface area contributed by atoms with Crippen molar-refractivity contribution in [1.82, 2.24) is 0 Å². The van der Waals surface area contributed by atoms with E-state index in [2.05, 4.69) is 31.9 Å². The van der Waals surface area contributed by atoms with E-state index < -0.39 is 0 Å². The Morgan fingerprint density at radius 2 is 1.75 bits per heavy atom. The number of alkyl halides is 1. The molecule has 0 saturated heterocycles. The number of halogens is 2. The van der Waals surface area contributed by atoms with Gasteiger partial charge in [0.2, 0.25) is 0 Å². The number of rotatable bonds is 4. The Kier molecular flexibility index (Phi) is 4.31. The molecule has 0 aliphatic heterocycles. The molecule has 0 amide bonds. The van der Waals surface area contributed by atoms with Crippen molar-refractivity contribution in [1.29, 1.82) is 0 Å².